The minimum atomic E-state index is -0.307. The first-order valence-electron chi connectivity index (χ1n) is 9.37. The van der Waals surface area contributed by atoms with Crippen LogP contribution in [0.4, 0.5) is 5.95 Å². The van der Waals surface area contributed by atoms with Gasteiger partial charge in [0, 0.05) is 10.1 Å². The summed E-state index contributed by atoms with van der Waals surface area (Å²) in [7, 11) is 1.65. The molecule has 8 nitrogen and oxygen atoms in total. The van der Waals surface area contributed by atoms with Gasteiger partial charge >= 0.3 is 0 Å². The maximum atomic E-state index is 12.9. The van der Waals surface area contributed by atoms with E-state index in [1.807, 2.05) is 19.1 Å². The van der Waals surface area contributed by atoms with Crippen LogP contribution in [0, 0.1) is 12.8 Å². The van der Waals surface area contributed by atoms with Crippen LogP contribution < -0.4 is 14.8 Å². The molecule has 2 heterocycles. The van der Waals surface area contributed by atoms with Crippen LogP contribution in [0.3, 0.4) is 0 Å². The monoisotopic (exact) mass is 401 g/mol. The summed E-state index contributed by atoms with van der Waals surface area (Å²) in [5.41, 5.74) is 1.01. The Kier molecular flexibility index (Phi) is 5.17. The Morgan fingerprint density at radius 1 is 1.36 bits per heavy atom. The van der Waals surface area contributed by atoms with Gasteiger partial charge in [0.1, 0.15) is 10.6 Å². The number of anilines is 1. The van der Waals surface area contributed by atoms with Crippen molar-refractivity contribution in [3.63, 3.8) is 0 Å². The molecular formula is C19H23N5O3S. The summed E-state index contributed by atoms with van der Waals surface area (Å²) in [5, 5.41) is 17.0. The molecule has 0 radical (unpaired) electrons. The van der Waals surface area contributed by atoms with E-state index in [0.717, 1.165) is 40.7 Å². The maximum absolute atomic E-state index is 12.9. The predicted molar refractivity (Wildman–Crippen MR) is 107 cm³/mol. The lowest BCUT2D eigenvalue weighted by molar-refractivity contribution is 0.101. The normalized spacial score (nSPS) is 19.5. The number of nitrogens with zero attached hydrogens (tertiary/aromatic N) is 3. The molecule has 28 heavy (non-hydrogen) atoms. The Morgan fingerprint density at radius 2 is 2.21 bits per heavy atom. The molecule has 3 aromatic rings. The summed E-state index contributed by atoms with van der Waals surface area (Å²) in [5.74, 6) is 1.83. The summed E-state index contributed by atoms with van der Waals surface area (Å²) in [6, 6.07) is 3.98. The lowest BCUT2D eigenvalue weighted by atomic mass is 9.88. The number of aromatic nitrogens is 4. The molecule has 4 rings (SSSR count). The number of benzene rings is 1. The van der Waals surface area contributed by atoms with Crippen molar-refractivity contribution < 1.29 is 14.3 Å². The molecule has 2 N–H and O–H groups in total. The van der Waals surface area contributed by atoms with E-state index in [-0.39, 0.29) is 18.0 Å². The number of ether oxygens (including phenoxy) is 2. The number of fused-ring (bicyclic) bond motifs is 1. The Morgan fingerprint density at radius 3 is 2.93 bits per heavy atom. The third kappa shape index (κ3) is 3.66. The van der Waals surface area contributed by atoms with Gasteiger partial charge in [0.25, 0.3) is 11.9 Å². The van der Waals surface area contributed by atoms with Crippen molar-refractivity contribution in [3.8, 4) is 11.5 Å². The molecule has 2 atom stereocenters. The second kappa shape index (κ2) is 7.75. The molecule has 0 spiro atoms. The molecule has 9 heteroatoms. The first-order chi connectivity index (χ1) is 13.5. The molecular weight excluding hydrogens is 378 g/mol. The van der Waals surface area contributed by atoms with Crippen molar-refractivity contribution in [2.45, 2.75) is 45.6 Å². The Labute approximate surface area is 166 Å². The average molecular weight is 401 g/mol. The molecule has 0 aliphatic heterocycles. The summed E-state index contributed by atoms with van der Waals surface area (Å²) in [6.45, 7) is 4.23. The number of aromatic amines is 1. The minimum absolute atomic E-state index is 0.102. The molecule has 1 aliphatic rings. The van der Waals surface area contributed by atoms with E-state index in [1.54, 1.807) is 7.11 Å². The Bertz CT molecular complexity index is 985. The number of carbonyl (C=O) groups excluding carboxylic acids is 1. The van der Waals surface area contributed by atoms with Gasteiger partial charge in [-0.2, -0.15) is 5.21 Å². The highest BCUT2D eigenvalue weighted by Crippen LogP contribution is 2.43. The van der Waals surface area contributed by atoms with Gasteiger partial charge in [-0.15, -0.1) is 16.4 Å². The zero-order valence-corrected chi connectivity index (χ0v) is 16.9. The largest absolute Gasteiger partial charge is 0.496 e. The van der Waals surface area contributed by atoms with E-state index in [0.29, 0.717) is 16.5 Å². The second-order valence-electron chi connectivity index (χ2n) is 7.28. The van der Waals surface area contributed by atoms with Gasteiger partial charge in [-0.1, -0.05) is 18.4 Å². The molecule has 148 valence electrons. The van der Waals surface area contributed by atoms with Crippen LogP contribution in [0.25, 0.3) is 10.1 Å². The third-order valence-corrected chi connectivity index (χ3v) is 6.24. The van der Waals surface area contributed by atoms with Gasteiger partial charge in [-0.25, -0.2) is 0 Å². The molecule has 2 aromatic heterocycles. The Balaban J connectivity index is 1.74. The van der Waals surface area contributed by atoms with Crippen molar-refractivity contribution >= 4 is 33.3 Å². The fraction of sp³-hybridized carbons (Fsp3) is 0.474. The highest BCUT2D eigenvalue weighted by Gasteiger charge is 2.27. The number of nitrogens with one attached hydrogen (secondary N) is 2. The van der Waals surface area contributed by atoms with Crippen LogP contribution in [0.15, 0.2) is 12.1 Å². The number of hydrogen-bond acceptors (Lipinski definition) is 7. The first-order valence-corrected chi connectivity index (χ1v) is 10.2. The fourth-order valence-corrected chi connectivity index (χ4v) is 4.83. The fourth-order valence-electron chi connectivity index (χ4n) is 3.71. The smallest absolute Gasteiger partial charge is 0.272 e. The molecule has 1 amide bonds. The van der Waals surface area contributed by atoms with Crippen molar-refractivity contribution in [1.82, 2.24) is 20.6 Å². The zero-order valence-electron chi connectivity index (χ0n) is 16.1. The van der Waals surface area contributed by atoms with Gasteiger partial charge in [0.2, 0.25) is 0 Å². The van der Waals surface area contributed by atoms with E-state index < -0.39 is 0 Å². The average Bonchev–Trinajstić information content (AvgIpc) is 3.29. The van der Waals surface area contributed by atoms with Crippen LogP contribution in [-0.4, -0.2) is 39.7 Å². The van der Waals surface area contributed by atoms with Crippen LogP contribution in [0.5, 0.6) is 11.5 Å². The number of aryl methyl sites for hydroxylation is 1. The highest BCUT2D eigenvalue weighted by molar-refractivity contribution is 7.21. The molecule has 0 bridgehead atoms. The van der Waals surface area contributed by atoms with E-state index in [1.165, 1.54) is 17.8 Å². The molecule has 1 saturated carbocycles. The number of methoxy groups -OCH3 is 1. The standard InChI is InChI=1S/C19H23N5O3S/c1-10-5-4-6-12(7-10)27-16-13-9-14(26-3)11(2)8-15(13)28-17(16)18(25)20-19-21-23-24-22-19/h8-10,12H,4-7H2,1-3H3,(H2,20,21,22,23,24,25)/t10-,12-/m1/s1. The van der Waals surface area contributed by atoms with Crippen LogP contribution in [0.2, 0.25) is 0 Å². The molecule has 0 saturated heterocycles. The number of thiophene rings is 1. The van der Waals surface area contributed by atoms with E-state index >= 15 is 0 Å². The number of amides is 1. The zero-order chi connectivity index (χ0) is 19.7. The van der Waals surface area contributed by atoms with E-state index in [2.05, 4.69) is 32.9 Å². The van der Waals surface area contributed by atoms with Crippen molar-refractivity contribution in [1.29, 1.82) is 0 Å². The van der Waals surface area contributed by atoms with Gasteiger partial charge in [0.05, 0.1) is 13.2 Å². The lowest BCUT2D eigenvalue weighted by Crippen LogP contribution is -2.25. The quantitative estimate of drug-likeness (QED) is 0.671. The predicted octanol–water partition coefficient (Wildman–Crippen LogP) is 3.94. The number of hydrogen-bond donors (Lipinski definition) is 2. The Hall–Kier alpha value is -2.68. The maximum Gasteiger partial charge on any atom is 0.272 e. The number of tetrazole rings is 1. The number of carbonyl (C=O) groups is 1. The summed E-state index contributed by atoms with van der Waals surface area (Å²) >= 11 is 1.40. The first kappa shape index (κ1) is 18.7. The minimum Gasteiger partial charge on any atom is -0.496 e. The molecule has 0 unspecified atom stereocenters. The summed E-state index contributed by atoms with van der Waals surface area (Å²) < 4.78 is 12.9. The van der Waals surface area contributed by atoms with Gasteiger partial charge in [0.15, 0.2) is 5.75 Å². The number of H-pyrrole nitrogens is 1. The summed E-state index contributed by atoms with van der Waals surface area (Å²) in [4.78, 5) is 13.4. The SMILES string of the molecule is COc1cc2c(O[C@@H]3CCC[C@@H](C)C3)c(C(=O)Nc3nn[nH]n3)sc2cc1C. The van der Waals surface area contributed by atoms with Crippen molar-refractivity contribution in [2.75, 3.05) is 12.4 Å². The van der Waals surface area contributed by atoms with Crippen LogP contribution in [0.1, 0.15) is 47.8 Å². The van der Waals surface area contributed by atoms with E-state index in [4.69, 9.17) is 9.47 Å². The third-order valence-electron chi connectivity index (χ3n) is 5.11. The molecule has 1 fully saturated rings. The van der Waals surface area contributed by atoms with Crippen LogP contribution in [-0.2, 0) is 0 Å². The summed E-state index contributed by atoms with van der Waals surface area (Å²) in [6.07, 6.45) is 4.46. The topological polar surface area (TPSA) is 102 Å². The van der Waals surface area contributed by atoms with Gasteiger partial charge in [-0.05, 0) is 55.0 Å². The van der Waals surface area contributed by atoms with E-state index in [9.17, 15) is 4.79 Å². The van der Waals surface area contributed by atoms with Gasteiger partial charge < -0.3 is 9.47 Å². The van der Waals surface area contributed by atoms with Crippen molar-refractivity contribution in [2.24, 2.45) is 5.92 Å². The molecule has 1 aliphatic carbocycles. The lowest BCUT2D eigenvalue weighted by Gasteiger charge is -2.27. The van der Waals surface area contributed by atoms with Crippen molar-refractivity contribution in [3.05, 3.63) is 22.6 Å². The molecule has 1 aromatic carbocycles. The van der Waals surface area contributed by atoms with Crippen LogP contribution >= 0.6 is 11.3 Å². The second-order valence-corrected chi connectivity index (χ2v) is 8.33. The van der Waals surface area contributed by atoms with Gasteiger partial charge in [-0.3, -0.25) is 10.1 Å². The number of rotatable bonds is 5. The highest BCUT2D eigenvalue weighted by atomic mass is 32.1.